The molecule has 1 aromatic carbocycles. The molecule has 0 spiro atoms. The van der Waals surface area contributed by atoms with Gasteiger partial charge in [-0.25, -0.2) is 4.98 Å². The summed E-state index contributed by atoms with van der Waals surface area (Å²) < 4.78 is 12.5. The molecule has 1 aliphatic rings. The first-order valence-electron chi connectivity index (χ1n) is 11.2. The van der Waals surface area contributed by atoms with Crippen LogP contribution in [0.1, 0.15) is 18.1 Å². The number of fused-ring (bicyclic) bond motifs is 1. The fraction of sp³-hybridized carbons (Fsp3) is 0.280. The van der Waals surface area contributed by atoms with Gasteiger partial charge in [0.1, 0.15) is 15.8 Å². The summed E-state index contributed by atoms with van der Waals surface area (Å²) in [5, 5.41) is 12.7. The Hall–Kier alpha value is -3.41. The molecule has 0 bridgehead atoms. The quantitative estimate of drug-likeness (QED) is 0.322. The number of amides is 1. The number of hydrogen-bond donors (Lipinski definition) is 2. The van der Waals surface area contributed by atoms with Gasteiger partial charge in [-0.1, -0.05) is 36.1 Å². The number of aromatic nitrogens is 2. The Morgan fingerprint density at radius 2 is 1.97 bits per heavy atom. The third-order valence-corrected chi connectivity index (χ3v) is 6.93. The highest BCUT2D eigenvalue weighted by Gasteiger charge is 2.32. The lowest BCUT2D eigenvalue weighted by molar-refractivity contribution is -0.122. The molecule has 1 saturated heterocycles. The SMILES string of the molecule is COc1ccc(CCN2C(=O)/C(=C/c3c(NCC(C)O)nc4ccccn4c3=O)SC2=S)cc1OC. The van der Waals surface area contributed by atoms with E-state index in [2.05, 4.69) is 10.3 Å². The highest BCUT2D eigenvalue weighted by Crippen LogP contribution is 2.34. The molecule has 3 aromatic rings. The van der Waals surface area contributed by atoms with Crippen molar-refractivity contribution in [3.8, 4) is 11.5 Å². The molecule has 2 aromatic heterocycles. The van der Waals surface area contributed by atoms with Crippen LogP contribution in [-0.2, 0) is 11.2 Å². The van der Waals surface area contributed by atoms with Crippen LogP contribution in [0.4, 0.5) is 5.82 Å². The molecule has 3 heterocycles. The summed E-state index contributed by atoms with van der Waals surface area (Å²) in [7, 11) is 3.15. The van der Waals surface area contributed by atoms with Gasteiger partial charge < -0.3 is 19.9 Å². The van der Waals surface area contributed by atoms with E-state index in [9.17, 15) is 14.7 Å². The Bertz CT molecular complexity index is 1400. The van der Waals surface area contributed by atoms with E-state index in [1.165, 1.54) is 15.4 Å². The largest absolute Gasteiger partial charge is 0.493 e. The van der Waals surface area contributed by atoms with Crippen molar-refractivity contribution in [2.45, 2.75) is 19.4 Å². The minimum Gasteiger partial charge on any atom is -0.493 e. The zero-order valence-electron chi connectivity index (χ0n) is 20.1. The summed E-state index contributed by atoms with van der Waals surface area (Å²) in [5.74, 6) is 1.26. The first-order valence-corrected chi connectivity index (χ1v) is 12.4. The second kappa shape index (κ2) is 11.1. The monoisotopic (exact) mass is 526 g/mol. The second-order valence-electron chi connectivity index (χ2n) is 8.11. The number of carbonyl (C=O) groups is 1. The van der Waals surface area contributed by atoms with E-state index in [1.54, 1.807) is 45.5 Å². The maximum absolute atomic E-state index is 13.3. The zero-order valence-corrected chi connectivity index (χ0v) is 21.7. The lowest BCUT2D eigenvalue weighted by Gasteiger charge is -2.15. The van der Waals surface area contributed by atoms with Gasteiger partial charge in [0.15, 0.2) is 11.5 Å². The number of rotatable bonds is 9. The van der Waals surface area contributed by atoms with Gasteiger partial charge in [-0.3, -0.25) is 18.9 Å². The van der Waals surface area contributed by atoms with Crippen LogP contribution < -0.4 is 20.3 Å². The zero-order chi connectivity index (χ0) is 25.8. The number of hydrogen-bond acceptors (Lipinski definition) is 9. The number of benzene rings is 1. The number of aliphatic hydroxyl groups excluding tert-OH is 1. The van der Waals surface area contributed by atoms with Gasteiger partial charge in [-0.05, 0) is 49.2 Å². The van der Waals surface area contributed by atoms with Crippen LogP contribution in [0.25, 0.3) is 11.7 Å². The van der Waals surface area contributed by atoms with E-state index >= 15 is 0 Å². The van der Waals surface area contributed by atoms with Gasteiger partial charge >= 0.3 is 0 Å². The summed E-state index contributed by atoms with van der Waals surface area (Å²) in [5.41, 5.74) is 1.31. The standard InChI is InChI=1S/C25H26N4O5S2/c1-15(30)14-26-22-17(23(31)28-10-5-4-6-21(28)27-22)13-20-24(32)29(25(35)36-20)11-9-16-7-8-18(33-2)19(12-16)34-3/h4-8,10,12-13,15,26,30H,9,11,14H2,1-3H3/b20-13-. The number of aliphatic hydroxyl groups is 1. The minimum atomic E-state index is -0.649. The van der Waals surface area contributed by atoms with Crippen LogP contribution in [0.15, 0.2) is 52.3 Å². The Labute approximate surface area is 217 Å². The van der Waals surface area contributed by atoms with Crippen LogP contribution in [0.5, 0.6) is 11.5 Å². The van der Waals surface area contributed by atoms with Crippen LogP contribution >= 0.6 is 24.0 Å². The van der Waals surface area contributed by atoms with Gasteiger partial charge in [0, 0.05) is 19.3 Å². The van der Waals surface area contributed by atoms with Gasteiger partial charge in [-0.2, -0.15) is 0 Å². The van der Waals surface area contributed by atoms with E-state index in [0.717, 1.165) is 17.3 Å². The molecule has 1 unspecified atom stereocenters. The third-order valence-electron chi connectivity index (χ3n) is 5.56. The smallest absolute Gasteiger partial charge is 0.267 e. The molecule has 11 heteroatoms. The van der Waals surface area contributed by atoms with E-state index in [0.29, 0.717) is 45.2 Å². The molecule has 188 valence electrons. The van der Waals surface area contributed by atoms with Crippen LogP contribution in [0, 0.1) is 0 Å². The summed E-state index contributed by atoms with van der Waals surface area (Å²) in [6.07, 6.45) is 3.05. The van der Waals surface area contributed by atoms with Crippen molar-refractivity contribution in [2.24, 2.45) is 0 Å². The first-order chi connectivity index (χ1) is 17.3. The highest BCUT2D eigenvalue weighted by molar-refractivity contribution is 8.26. The molecule has 0 aliphatic carbocycles. The molecule has 9 nitrogen and oxygen atoms in total. The number of thioether (sulfide) groups is 1. The predicted molar refractivity (Wildman–Crippen MR) is 145 cm³/mol. The fourth-order valence-corrected chi connectivity index (χ4v) is 5.00. The van der Waals surface area contributed by atoms with Gasteiger partial charge in [0.05, 0.1) is 30.8 Å². The molecule has 1 amide bonds. The minimum absolute atomic E-state index is 0.197. The van der Waals surface area contributed by atoms with E-state index in [4.69, 9.17) is 21.7 Å². The number of methoxy groups -OCH3 is 2. The van der Waals surface area contributed by atoms with E-state index in [1.807, 2.05) is 18.2 Å². The number of ether oxygens (including phenoxy) is 2. The second-order valence-corrected chi connectivity index (χ2v) is 9.79. The van der Waals surface area contributed by atoms with Crippen molar-refractivity contribution >= 4 is 51.7 Å². The number of pyridine rings is 1. The predicted octanol–water partition coefficient (Wildman–Crippen LogP) is 2.95. The molecule has 1 fully saturated rings. The molecule has 0 radical (unpaired) electrons. The Morgan fingerprint density at radius 1 is 1.19 bits per heavy atom. The Kier molecular flexibility index (Phi) is 7.92. The lowest BCUT2D eigenvalue weighted by Crippen LogP contribution is -2.30. The van der Waals surface area contributed by atoms with Gasteiger partial charge in [0.25, 0.3) is 11.5 Å². The maximum Gasteiger partial charge on any atom is 0.267 e. The van der Waals surface area contributed by atoms with Crippen molar-refractivity contribution in [1.82, 2.24) is 14.3 Å². The third kappa shape index (κ3) is 5.38. The molecular weight excluding hydrogens is 500 g/mol. The van der Waals surface area contributed by atoms with Gasteiger partial charge in [0.2, 0.25) is 0 Å². The summed E-state index contributed by atoms with van der Waals surface area (Å²) >= 11 is 6.62. The molecule has 1 aliphatic heterocycles. The van der Waals surface area contributed by atoms with Crippen molar-refractivity contribution in [3.63, 3.8) is 0 Å². The van der Waals surface area contributed by atoms with Crippen molar-refractivity contribution < 1.29 is 19.4 Å². The van der Waals surface area contributed by atoms with Crippen molar-refractivity contribution in [2.75, 3.05) is 32.6 Å². The molecule has 36 heavy (non-hydrogen) atoms. The normalized spacial score (nSPS) is 15.6. The first kappa shape index (κ1) is 25.7. The molecule has 1 atom stereocenters. The average molecular weight is 527 g/mol. The highest BCUT2D eigenvalue weighted by atomic mass is 32.2. The molecule has 2 N–H and O–H groups in total. The topological polar surface area (TPSA) is 105 Å². The van der Waals surface area contributed by atoms with Crippen molar-refractivity contribution in [1.29, 1.82) is 0 Å². The van der Waals surface area contributed by atoms with Crippen LogP contribution in [0.2, 0.25) is 0 Å². The van der Waals surface area contributed by atoms with Crippen LogP contribution in [-0.4, -0.2) is 63.0 Å². The summed E-state index contributed by atoms with van der Waals surface area (Å²) in [4.78, 5) is 32.9. The Morgan fingerprint density at radius 3 is 2.69 bits per heavy atom. The maximum atomic E-state index is 13.3. The average Bonchev–Trinajstić information content (AvgIpc) is 3.14. The number of anilines is 1. The summed E-state index contributed by atoms with van der Waals surface area (Å²) in [6, 6.07) is 10.8. The van der Waals surface area contributed by atoms with Crippen molar-refractivity contribution in [3.05, 3.63) is 69.0 Å². The number of thiocarbonyl (C=S) groups is 1. The molecule has 4 rings (SSSR count). The van der Waals surface area contributed by atoms with Gasteiger partial charge in [-0.15, -0.1) is 0 Å². The molecular formula is C25H26N4O5S2. The van der Waals surface area contributed by atoms with E-state index in [-0.39, 0.29) is 23.6 Å². The number of carbonyl (C=O) groups excluding carboxylic acids is 1. The number of nitrogens with zero attached hydrogens (tertiary/aromatic N) is 3. The fourth-order valence-electron chi connectivity index (χ4n) is 3.71. The van der Waals surface area contributed by atoms with Crippen LogP contribution in [0.3, 0.4) is 0 Å². The van der Waals surface area contributed by atoms with E-state index < -0.39 is 6.10 Å². The lowest BCUT2D eigenvalue weighted by atomic mass is 10.1. The Balaban J connectivity index is 1.61. The summed E-state index contributed by atoms with van der Waals surface area (Å²) in [6.45, 7) is 2.20. The molecule has 0 saturated carbocycles. The number of nitrogens with one attached hydrogen (secondary N) is 1.